The van der Waals surface area contributed by atoms with E-state index in [1.54, 1.807) is 19.1 Å². The van der Waals surface area contributed by atoms with Gasteiger partial charge in [0.15, 0.2) is 6.04 Å². The molecule has 0 radical (unpaired) electrons. The minimum Gasteiger partial charge on any atom is -0.467 e. The Hall–Kier alpha value is -3.74. The van der Waals surface area contributed by atoms with E-state index < -0.39 is 23.5 Å². The van der Waals surface area contributed by atoms with E-state index in [1.165, 1.54) is 14.0 Å². The first-order chi connectivity index (χ1) is 14.5. The molecule has 7 nitrogen and oxygen atoms in total. The molecule has 1 heterocycles. The molecule has 1 aromatic heterocycles. The highest BCUT2D eigenvalue weighted by Gasteiger charge is 2.29. The highest BCUT2D eigenvalue weighted by atomic mass is 16.5. The van der Waals surface area contributed by atoms with Crippen LogP contribution in [0.5, 0.6) is 0 Å². The molecule has 0 saturated carbocycles. The Morgan fingerprint density at radius 3 is 2.10 bits per heavy atom. The van der Waals surface area contributed by atoms with Gasteiger partial charge in [-0.3, -0.25) is 4.79 Å². The lowest BCUT2D eigenvalue weighted by molar-refractivity contribution is -0.144. The first-order valence-electron chi connectivity index (χ1n) is 9.52. The van der Waals surface area contributed by atoms with Crippen molar-refractivity contribution in [2.75, 3.05) is 13.7 Å². The Morgan fingerprint density at radius 1 is 1.00 bits per heavy atom. The van der Waals surface area contributed by atoms with Gasteiger partial charge >= 0.3 is 11.9 Å². The summed E-state index contributed by atoms with van der Waals surface area (Å²) in [5.74, 6) is -1.42. The number of methoxy groups -OCH3 is 1. The maximum Gasteiger partial charge on any atom is 0.344 e. The van der Waals surface area contributed by atoms with Crippen molar-refractivity contribution in [2.24, 2.45) is 0 Å². The van der Waals surface area contributed by atoms with Gasteiger partial charge in [0.2, 0.25) is 0 Å². The summed E-state index contributed by atoms with van der Waals surface area (Å²) in [7, 11) is 1.23. The number of hydrogen-bond donors (Lipinski definition) is 0. The largest absolute Gasteiger partial charge is 0.467 e. The predicted octanol–water partition coefficient (Wildman–Crippen LogP) is 3.49. The van der Waals surface area contributed by atoms with Crippen LogP contribution >= 0.6 is 0 Å². The molecule has 30 heavy (non-hydrogen) atoms. The molecule has 2 aromatic carbocycles. The van der Waals surface area contributed by atoms with Gasteiger partial charge in [-0.1, -0.05) is 60.7 Å². The third-order valence-corrected chi connectivity index (χ3v) is 4.61. The topological polar surface area (TPSA) is 87.5 Å². The monoisotopic (exact) mass is 406 g/mol. The predicted molar refractivity (Wildman–Crippen MR) is 112 cm³/mol. The van der Waals surface area contributed by atoms with E-state index in [-0.39, 0.29) is 12.2 Å². The number of nitrogens with zero attached hydrogens (tertiary/aromatic N) is 2. The Labute approximate surface area is 173 Å². The van der Waals surface area contributed by atoms with Crippen molar-refractivity contribution < 1.29 is 19.1 Å². The highest BCUT2D eigenvalue weighted by Crippen LogP contribution is 2.32. The van der Waals surface area contributed by atoms with E-state index >= 15 is 0 Å². The molecule has 3 aromatic rings. The Kier molecular flexibility index (Phi) is 6.41. The molecule has 0 saturated heterocycles. The number of carbonyl (C=O) groups excluding carboxylic acids is 2. The molecule has 3 rings (SSSR count). The van der Waals surface area contributed by atoms with Crippen LogP contribution in [0, 0.1) is 0 Å². The Bertz CT molecular complexity index is 1110. The maximum absolute atomic E-state index is 13.3. The molecule has 1 atom stereocenters. The van der Waals surface area contributed by atoms with Crippen molar-refractivity contribution >= 4 is 11.9 Å². The van der Waals surface area contributed by atoms with Crippen molar-refractivity contribution in [3.63, 3.8) is 0 Å². The molecule has 0 N–H and O–H groups in total. The summed E-state index contributed by atoms with van der Waals surface area (Å²) in [4.78, 5) is 38.3. The van der Waals surface area contributed by atoms with Crippen molar-refractivity contribution in [3.05, 3.63) is 76.6 Å². The Morgan fingerprint density at radius 2 is 1.57 bits per heavy atom. The van der Waals surface area contributed by atoms with E-state index in [4.69, 9.17) is 9.47 Å². The summed E-state index contributed by atoms with van der Waals surface area (Å²) in [6, 6.07) is 17.2. The fraction of sp³-hybridized carbons (Fsp3) is 0.217. The highest BCUT2D eigenvalue weighted by molar-refractivity contribution is 6.01. The zero-order valence-electron chi connectivity index (χ0n) is 17.0. The molecule has 0 aliphatic carbocycles. The summed E-state index contributed by atoms with van der Waals surface area (Å²) in [6.07, 6.45) is 0. The molecule has 0 aliphatic rings. The van der Waals surface area contributed by atoms with Crippen molar-refractivity contribution in [3.8, 4) is 22.4 Å². The average Bonchev–Trinajstić information content (AvgIpc) is 2.79. The smallest absolute Gasteiger partial charge is 0.344 e. The van der Waals surface area contributed by atoms with Gasteiger partial charge < -0.3 is 9.47 Å². The van der Waals surface area contributed by atoms with Gasteiger partial charge in [0.1, 0.15) is 5.56 Å². The van der Waals surface area contributed by atoms with Gasteiger partial charge in [0.05, 0.1) is 19.4 Å². The van der Waals surface area contributed by atoms with Gasteiger partial charge in [-0.2, -0.15) is 5.10 Å². The van der Waals surface area contributed by atoms with E-state index in [2.05, 4.69) is 5.10 Å². The number of rotatable bonds is 6. The van der Waals surface area contributed by atoms with Gasteiger partial charge in [0, 0.05) is 11.1 Å². The Balaban J connectivity index is 2.44. The molecule has 154 valence electrons. The zero-order valence-corrected chi connectivity index (χ0v) is 17.0. The third kappa shape index (κ3) is 4.00. The van der Waals surface area contributed by atoms with Crippen molar-refractivity contribution in [2.45, 2.75) is 19.9 Å². The lowest BCUT2D eigenvalue weighted by atomic mass is 9.95. The second kappa shape index (κ2) is 9.17. The first kappa shape index (κ1) is 21.0. The van der Waals surface area contributed by atoms with Crippen LogP contribution in [0.4, 0.5) is 0 Å². The van der Waals surface area contributed by atoms with Crippen LogP contribution in [-0.4, -0.2) is 35.4 Å². The van der Waals surface area contributed by atoms with E-state index in [1.807, 2.05) is 48.5 Å². The van der Waals surface area contributed by atoms with Crippen molar-refractivity contribution in [1.29, 1.82) is 0 Å². The summed E-state index contributed by atoms with van der Waals surface area (Å²) in [5.41, 5.74) is 1.19. The molecule has 0 aliphatic heterocycles. The van der Waals surface area contributed by atoms with Crippen molar-refractivity contribution in [1.82, 2.24) is 9.78 Å². The van der Waals surface area contributed by atoms with E-state index in [9.17, 15) is 14.4 Å². The van der Waals surface area contributed by atoms with Gasteiger partial charge in [0.25, 0.3) is 5.56 Å². The van der Waals surface area contributed by atoms with Crippen LogP contribution in [0.15, 0.2) is 65.5 Å². The maximum atomic E-state index is 13.3. The second-order valence-corrected chi connectivity index (χ2v) is 6.50. The van der Waals surface area contributed by atoms with Crippen LogP contribution in [0.25, 0.3) is 22.4 Å². The van der Waals surface area contributed by atoms with Crippen LogP contribution < -0.4 is 5.56 Å². The van der Waals surface area contributed by atoms with E-state index in [0.29, 0.717) is 22.4 Å². The fourth-order valence-electron chi connectivity index (χ4n) is 3.15. The molecular formula is C23H22N2O5. The first-order valence-corrected chi connectivity index (χ1v) is 9.52. The molecule has 0 amide bonds. The van der Waals surface area contributed by atoms with Crippen LogP contribution in [0.2, 0.25) is 0 Å². The van der Waals surface area contributed by atoms with Gasteiger partial charge in [-0.15, -0.1) is 0 Å². The number of aromatic nitrogens is 2. The van der Waals surface area contributed by atoms with Gasteiger partial charge in [-0.05, 0) is 19.4 Å². The lowest BCUT2D eigenvalue weighted by Gasteiger charge is -2.19. The molecule has 0 fully saturated rings. The molecule has 0 bridgehead atoms. The number of carbonyl (C=O) groups is 2. The van der Waals surface area contributed by atoms with Gasteiger partial charge in [-0.25, -0.2) is 14.3 Å². The zero-order chi connectivity index (χ0) is 21.7. The minimum atomic E-state index is -1.03. The lowest BCUT2D eigenvalue weighted by Crippen LogP contribution is -2.36. The number of ether oxygens (including phenoxy) is 2. The standard InChI is InChI=1S/C23H22N2O5/c1-4-30-23(28)19-18(16-11-7-5-8-12-16)20(17-13-9-6-10-14-17)24-25(21(19)26)15(2)22(27)29-3/h5-15H,4H2,1-3H3. The molecule has 1 unspecified atom stereocenters. The SMILES string of the molecule is CCOC(=O)c1c(-c2ccccc2)c(-c2ccccc2)nn(C(C)C(=O)OC)c1=O. The second-order valence-electron chi connectivity index (χ2n) is 6.50. The normalized spacial score (nSPS) is 11.6. The average molecular weight is 406 g/mol. The number of hydrogen-bond acceptors (Lipinski definition) is 6. The van der Waals surface area contributed by atoms with Crippen LogP contribution in [0.1, 0.15) is 30.2 Å². The van der Waals surface area contributed by atoms with Crippen LogP contribution in [-0.2, 0) is 14.3 Å². The summed E-state index contributed by atoms with van der Waals surface area (Å²) in [5, 5.41) is 4.49. The minimum absolute atomic E-state index is 0.0993. The molecule has 0 spiro atoms. The third-order valence-electron chi connectivity index (χ3n) is 4.61. The molecular weight excluding hydrogens is 384 g/mol. The number of benzene rings is 2. The summed E-state index contributed by atoms with van der Waals surface area (Å²) < 4.78 is 10.9. The molecule has 7 heteroatoms. The van der Waals surface area contributed by atoms with E-state index in [0.717, 1.165) is 4.68 Å². The summed E-state index contributed by atoms with van der Waals surface area (Å²) in [6.45, 7) is 3.25. The number of esters is 2. The fourth-order valence-corrected chi connectivity index (χ4v) is 3.15. The summed E-state index contributed by atoms with van der Waals surface area (Å²) >= 11 is 0. The quantitative estimate of drug-likeness (QED) is 0.583. The van der Waals surface area contributed by atoms with Crippen LogP contribution in [0.3, 0.4) is 0 Å².